The Bertz CT molecular complexity index is 570. The topological polar surface area (TPSA) is 48.7 Å². The first-order valence-corrected chi connectivity index (χ1v) is 7.34. The Kier molecular flexibility index (Phi) is 2.21. The van der Waals surface area contributed by atoms with Gasteiger partial charge in [0, 0.05) is 11.7 Å². The van der Waals surface area contributed by atoms with Gasteiger partial charge in [0.2, 0.25) is 0 Å². The number of anilines is 1. The third-order valence-electron chi connectivity index (χ3n) is 5.50. The van der Waals surface area contributed by atoms with E-state index in [0.29, 0.717) is 6.04 Å². The maximum absolute atomic E-state index is 9.31. The average molecular weight is 253 g/mol. The Labute approximate surface area is 114 Å². The lowest BCUT2D eigenvalue weighted by atomic mass is 10.0. The molecule has 98 valence electrons. The van der Waals surface area contributed by atoms with Crippen LogP contribution in [0.25, 0.3) is 0 Å². The molecule has 0 aliphatic heterocycles. The molecule has 0 saturated heterocycles. The molecule has 0 radical (unpaired) electrons. The summed E-state index contributed by atoms with van der Waals surface area (Å²) in [6.07, 6.45) is 4.33. The van der Waals surface area contributed by atoms with Crippen LogP contribution in [0, 0.1) is 48.9 Å². The van der Waals surface area contributed by atoms with Crippen LogP contribution in [0.15, 0.2) is 6.07 Å². The lowest BCUT2D eigenvalue weighted by Gasteiger charge is -2.14. The summed E-state index contributed by atoms with van der Waals surface area (Å²) in [5.41, 5.74) is 3.57. The fraction of sp³-hybridized carbons (Fsp3) is 0.625. The zero-order chi connectivity index (χ0) is 13.1. The maximum atomic E-state index is 9.31. The molecule has 3 aliphatic rings. The molecular formula is C16H19N3. The van der Waals surface area contributed by atoms with Crippen molar-refractivity contribution in [2.24, 2.45) is 23.7 Å². The Hall–Kier alpha value is -1.56. The molecule has 1 aromatic heterocycles. The van der Waals surface area contributed by atoms with E-state index in [0.717, 1.165) is 46.3 Å². The van der Waals surface area contributed by atoms with E-state index in [-0.39, 0.29) is 0 Å². The fourth-order valence-electron chi connectivity index (χ4n) is 4.78. The van der Waals surface area contributed by atoms with Crippen LogP contribution < -0.4 is 5.32 Å². The lowest BCUT2D eigenvalue weighted by Crippen LogP contribution is -2.14. The van der Waals surface area contributed by atoms with Gasteiger partial charge in [-0.15, -0.1) is 0 Å². The first kappa shape index (κ1) is 11.3. The summed E-state index contributed by atoms with van der Waals surface area (Å²) in [5, 5.41) is 13.0. The van der Waals surface area contributed by atoms with E-state index in [9.17, 15) is 5.26 Å². The molecule has 3 heteroatoms. The largest absolute Gasteiger partial charge is 0.381 e. The number of rotatable bonds is 2. The summed E-state index contributed by atoms with van der Waals surface area (Å²) in [7, 11) is 0. The molecule has 0 aromatic carbocycles. The van der Waals surface area contributed by atoms with Gasteiger partial charge in [0.25, 0.3) is 0 Å². The van der Waals surface area contributed by atoms with E-state index in [1.807, 2.05) is 19.9 Å². The van der Waals surface area contributed by atoms with Crippen LogP contribution in [0.2, 0.25) is 0 Å². The number of hydrogen-bond acceptors (Lipinski definition) is 3. The minimum atomic E-state index is 0.625. The van der Waals surface area contributed by atoms with Gasteiger partial charge in [-0.05, 0) is 62.8 Å². The highest BCUT2D eigenvalue weighted by Gasteiger charge is 2.65. The third kappa shape index (κ3) is 1.52. The molecule has 3 aliphatic carbocycles. The zero-order valence-corrected chi connectivity index (χ0v) is 11.5. The van der Waals surface area contributed by atoms with Crippen molar-refractivity contribution in [1.82, 2.24) is 4.98 Å². The highest BCUT2D eigenvalue weighted by atomic mass is 15.0. The number of fused-ring (bicyclic) bond motifs is 5. The van der Waals surface area contributed by atoms with Gasteiger partial charge in [-0.1, -0.05) is 0 Å². The summed E-state index contributed by atoms with van der Waals surface area (Å²) in [5.74, 6) is 3.70. The van der Waals surface area contributed by atoms with Crippen LogP contribution in [0.3, 0.4) is 0 Å². The van der Waals surface area contributed by atoms with Gasteiger partial charge < -0.3 is 5.32 Å². The smallest absolute Gasteiger partial charge is 0.103 e. The van der Waals surface area contributed by atoms with Crippen molar-refractivity contribution in [3.8, 4) is 6.07 Å². The van der Waals surface area contributed by atoms with Crippen LogP contribution in [0.5, 0.6) is 0 Å². The molecule has 4 atom stereocenters. The summed E-state index contributed by atoms with van der Waals surface area (Å²) in [4.78, 5) is 4.38. The van der Waals surface area contributed by atoms with Crippen molar-refractivity contribution in [1.29, 1.82) is 5.26 Å². The van der Waals surface area contributed by atoms with Gasteiger partial charge in [0.15, 0.2) is 0 Å². The van der Waals surface area contributed by atoms with Crippen LogP contribution in [-0.4, -0.2) is 11.0 Å². The number of nitriles is 1. The summed E-state index contributed by atoms with van der Waals surface area (Å²) in [6.45, 7) is 3.92. The highest BCUT2D eigenvalue weighted by Crippen LogP contribution is 2.66. The number of aromatic nitrogens is 1. The Morgan fingerprint density at radius 1 is 1.26 bits per heavy atom. The molecule has 3 nitrogen and oxygen atoms in total. The predicted octanol–water partition coefficient (Wildman–Crippen LogP) is 3.03. The number of hydrogen-bond donors (Lipinski definition) is 1. The number of aryl methyl sites for hydroxylation is 2. The normalized spacial score (nSPS) is 37.8. The summed E-state index contributed by atoms with van der Waals surface area (Å²) >= 11 is 0. The standard InChI is InChI=1S/C16H19N3/c1-8-5-13(12(7-17)9(2)18-8)19-16-14-10-3-4-11(6-10)15(14)16/h5,10-11,14-16H,3-4,6H2,1-2H3,(H,18,19). The van der Waals surface area contributed by atoms with E-state index in [4.69, 9.17) is 0 Å². The van der Waals surface area contributed by atoms with Gasteiger partial charge in [-0.2, -0.15) is 5.26 Å². The maximum Gasteiger partial charge on any atom is 0.103 e. The predicted molar refractivity (Wildman–Crippen MR) is 73.6 cm³/mol. The van der Waals surface area contributed by atoms with Crippen molar-refractivity contribution >= 4 is 5.69 Å². The molecular weight excluding hydrogens is 234 g/mol. The second-order valence-electron chi connectivity index (χ2n) is 6.54. The first-order valence-electron chi connectivity index (χ1n) is 7.34. The summed E-state index contributed by atoms with van der Waals surface area (Å²) < 4.78 is 0. The molecule has 4 unspecified atom stereocenters. The molecule has 1 aromatic rings. The Morgan fingerprint density at radius 2 is 1.95 bits per heavy atom. The first-order chi connectivity index (χ1) is 9.19. The SMILES string of the molecule is Cc1cc(NC2C3C4CCC(C4)C23)c(C#N)c(C)n1. The summed E-state index contributed by atoms with van der Waals surface area (Å²) in [6, 6.07) is 4.96. The van der Waals surface area contributed by atoms with E-state index >= 15 is 0 Å². The van der Waals surface area contributed by atoms with Gasteiger partial charge in [0.05, 0.1) is 16.9 Å². The number of nitrogens with one attached hydrogen (secondary N) is 1. The van der Waals surface area contributed by atoms with Crippen molar-refractivity contribution in [3.05, 3.63) is 23.0 Å². The molecule has 1 N–H and O–H groups in total. The number of nitrogens with zero attached hydrogens (tertiary/aromatic N) is 2. The Morgan fingerprint density at radius 3 is 2.58 bits per heavy atom. The molecule has 0 amide bonds. The van der Waals surface area contributed by atoms with Crippen LogP contribution in [-0.2, 0) is 0 Å². The van der Waals surface area contributed by atoms with Crippen LogP contribution >= 0.6 is 0 Å². The molecule has 3 fully saturated rings. The highest BCUT2D eigenvalue weighted by molar-refractivity contribution is 5.61. The average Bonchev–Trinajstić information content (AvgIpc) is 2.78. The van der Waals surface area contributed by atoms with E-state index in [1.54, 1.807) is 0 Å². The van der Waals surface area contributed by atoms with Crippen molar-refractivity contribution in [3.63, 3.8) is 0 Å². The van der Waals surface area contributed by atoms with Gasteiger partial charge in [-0.3, -0.25) is 4.98 Å². The van der Waals surface area contributed by atoms with E-state index in [2.05, 4.69) is 16.4 Å². The van der Waals surface area contributed by atoms with E-state index in [1.165, 1.54) is 19.3 Å². The van der Waals surface area contributed by atoms with Crippen LogP contribution in [0.4, 0.5) is 5.69 Å². The van der Waals surface area contributed by atoms with Crippen molar-refractivity contribution in [2.75, 3.05) is 5.32 Å². The second kappa shape index (κ2) is 3.72. The molecule has 19 heavy (non-hydrogen) atoms. The third-order valence-corrected chi connectivity index (χ3v) is 5.50. The number of pyridine rings is 1. The van der Waals surface area contributed by atoms with Gasteiger partial charge in [-0.25, -0.2) is 0 Å². The monoisotopic (exact) mass is 253 g/mol. The molecule has 0 spiro atoms. The van der Waals surface area contributed by atoms with E-state index < -0.39 is 0 Å². The van der Waals surface area contributed by atoms with Gasteiger partial charge >= 0.3 is 0 Å². The zero-order valence-electron chi connectivity index (χ0n) is 11.5. The fourth-order valence-corrected chi connectivity index (χ4v) is 4.78. The minimum Gasteiger partial charge on any atom is -0.381 e. The Balaban J connectivity index is 1.60. The molecule has 1 heterocycles. The van der Waals surface area contributed by atoms with Crippen molar-refractivity contribution < 1.29 is 0 Å². The molecule has 2 bridgehead atoms. The van der Waals surface area contributed by atoms with Gasteiger partial charge in [0.1, 0.15) is 6.07 Å². The van der Waals surface area contributed by atoms with Crippen molar-refractivity contribution in [2.45, 2.75) is 39.2 Å². The second-order valence-corrected chi connectivity index (χ2v) is 6.54. The quantitative estimate of drug-likeness (QED) is 0.881. The molecule has 3 saturated carbocycles. The minimum absolute atomic E-state index is 0.625. The van der Waals surface area contributed by atoms with Crippen LogP contribution in [0.1, 0.15) is 36.2 Å². The lowest BCUT2D eigenvalue weighted by molar-refractivity contribution is 0.456. The molecule has 4 rings (SSSR count).